The quantitative estimate of drug-likeness (QED) is 0.872. The molecule has 0 aromatic carbocycles. The predicted molar refractivity (Wildman–Crippen MR) is 58.8 cm³/mol. The first-order chi connectivity index (χ1) is 7.20. The topological polar surface area (TPSA) is 57.0 Å². The molecule has 0 atom stereocenters. The summed E-state index contributed by atoms with van der Waals surface area (Å²) in [5.41, 5.74) is 5.72. The van der Waals surface area contributed by atoms with Gasteiger partial charge in [0.15, 0.2) is 0 Å². The molecule has 2 rings (SSSR count). The minimum Gasteiger partial charge on any atom is -0.464 e. The van der Waals surface area contributed by atoms with Crippen LogP contribution < -0.4 is 5.73 Å². The molecule has 80 valence electrons. The van der Waals surface area contributed by atoms with Crippen molar-refractivity contribution in [3.8, 4) is 0 Å². The van der Waals surface area contributed by atoms with Gasteiger partial charge in [0.25, 0.3) is 0 Å². The minimum absolute atomic E-state index is 0.464. The number of nitrogen functional groups attached to an aromatic ring is 1. The lowest BCUT2D eigenvalue weighted by Crippen LogP contribution is -2.05. The van der Waals surface area contributed by atoms with Crippen molar-refractivity contribution < 1.29 is 4.42 Å². The number of nitrogens with two attached hydrogens (primary N) is 1. The van der Waals surface area contributed by atoms with Gasteiger partial charge < -0.3 is 10.2 Å². The summed E-state index contributed by atoms with van der Waals surface area (Å²) in [6.07, 6.45) is 2.41. The summed E-state index contributed by atoms with van der Waals surface area (Å²) in [5, 5.41) is 4.52. The van der Waals surface area contributed by atoms with E-state index in [1.54, 1.807) is 4.68 Å². The molecule has 0 bridgehead atoms. The van der Waals surface area contributed by atoms with E-state index >= 15 is 0 Å². The summed E-state index contributed by atoms with van der Waals surface area (Å²) >= 11 is 5.79. The van der Waals surface area contributed by atoms with Crippen LogP contribution in [0.2, 0.25) is 5.02 Å². The highest BCUT2D eigenvalue weighted by molar-refractivity contribution is 6.32. The number of halogens is 1. The third kappa shape index (κ3) is 1.99. The van der Waals surface area contributed by atoms with Crippen molar-refractivity contribution in [3.63, 3.8) is 0 Å². The van der Waals surface area contributed by atoms with Gasteiger partial charge in [-0.05, 0) is 12.1 Å². The molecule has 0 aliphatic carbocycles. The highest BCUT2D eigenvalue weighted by atomic mass is 35.5. The summed E-state index contributed by atoms with van der Waals surface area (Å²) in [7, 11) is 0. The maximum Gasteiger partial charge on any atom is 0.141 e. The molecular weight excluding hydrogens is 214 g/mol. The molecule has 0 aliphatic heterocycles. The molecule has 0 saturated heterocycles. The summed E-state index contributed by atoms with van der Waals surface area (Å²) in [5.74, 6) is 2.26. The predicted octanol–water partition coefficient (Wildman–Crippen LogP) is 2.32. The normalized spacial score (nSPS) is 10.8. The first-order valence-electron chi connectivity index (χ1n) is 4.75. The Hall–Kier alpha value is -1.42. The number of hydrogen-bond donors (Lipinski definition) is 1. The Balaban J connectivity index is 2.18. The van der Waals surface area contributed by atoms with Gasteiger partial charge in [-0.25, -0.2) is 4.68 Å². The monoisotopic (exact) mass is 225 g/mol. The average molecular weight is 226 g/mol. The Morgan fingerprint density at radius 1 is 1.47 bits per heavy atom. The van der Waals surface area contributed by atoms with Crippen LogP contribution in [-0.4, -0.2) is 9.78 Å². The van der Waals surface area contributed by atoms with Gasteiger partial charge in [-0.1, -0.05) is 18.5 Å². The molecule has 2 aromatic heterocycles. The molecule has 5 heteroatoms. The number of aromatic nitrogens is 2. The van der Waals surface area contributed by atoms with Crippen LogP contribution >= 0.6 is 11.6 Å². The Bertz CT molecular complexity index is 461. The van der Waals surface area contributed by atoms with Gasteiger partial charge in [0, 0.05) is 6.42 Å². The maximum atomic E-state index is 5.79. The van der Waals surface area contributed by atoms with Crippen molar-refractivity contribution in [1.82, 2.24) is 9.78 Å². The zero-order chi connectivity index (χ0) is 10.8. The Kier molecular flexibility index (Phi) is 2.68. The highest BCUT2D eigenvalue weighted by Crippen LogP contribution is 2.18. The molecule has 2 aromatic rings. The van der Waals surface area contributed by atoms with Crippen molar-refractivity contribution in [1.29, 1.82) is 0 Å². The molecule has 2 heterocycles. The number of aryl methyl sites for hydroxylation is 1. The SMILES string of the molecule is CCc1ccc(Cn2ncc(Cl)c2N)o1. The van der Waals surface area contributed by atoms with Crippen molar-refractivity contribution in [3.05, 3.63) is 34.9 Å². The first kappa shape index (κ1) is 10.1. The van der Waals surface area contributed by atoms with Gasteiger partial charge >= 0.3 is 0 Å². The molecule has 15 heavy (non-hydrogen) atoms. The largest absolute Gasteiger partial charge is 0.464 e. The average Bonchev–Trinajstić information content (AvgIpc) is 2.80. The van der Waals surface area contributed by atoms with E-state index in [2.05, 4.69) is 5.10 Å². The van der Waals surface area contributed by atoms with Crippen LogP contribution in [0.4, 0.5) is 5.82 Å². The molecule has 0 unspecified atom stereocenters. The van der Waals surface area contributed by atoms with Gasteiger partial charge in [-0.15, -0.1) is 0 Å². The van der Waals surface area contributed by atoms with Crippen LogP contribution in [0.3, 0.4) is 0 Å². The second-order valence-electron chi connectivity index (χ2n) is 3.26. The van der Waals surface area contributed by atoms with Crippen LogP contribution in [-0.2, 0) is 13.0 Å². The molecule has 0 spiro atoms. The molecule has 4 nitrogen and oxygen atoms in total. The summed E-state index contributed by atoms with van der Waals surface area (Å²) in [6, 6.07) is 3.88. The van der Waals surface area contributed by atoms with Gasteiger partial charge in [0.1, 0.15) is 28.9 Å². The fourth-order valence-corrected chi connectivity index (χ4v) is 1.48. The molecular formula is C10H12ClN3O. The lowest BCUT2D eigenvalue weighted by molar-refractivity contribution is 0.449. The van der Waals surface area contributed by atoms with Crippen LogP contribution in [0, 0.1) is 0 Å². The van der Waals surface area contributed by atoms with Crippen LogP contribution in [0.25, 0.3) is 0 Å². The van der Waals surface area contributed by atoms with Crippen molar-refractivity contribution >= 4 is 17.4 Å². The standard InChI is InChI=1S/C10H12ClN3O/c1-2-7-3-4-8(15-7)6-14-10(12)9(11)5-13-14/h3-5H,2,6,12H2,1H3. The molecule has 0 fully saturated rings. The van der Waals surface area contributed by atoms with Gasteiger partial charge in [0.2, 0.25) is 0 Å². The fraction of sp³-hybridized carbons (Fsp3) is 0.300. The van der Waals surface area contributed by atoms with Gasteiger partial charge in [-0.3, -0.25) is 0 Å². The third-order valence-electron chi connectivity index (χ3n) is 2.20. The minimum atomic E-state index is 0.464. The van der Waals surface area contributed by atoms with Crippen LogP contribution in [0.1, 0.15) is 18.4 Å². The zero-order valence-electron chi connectivity index (χ0n) is 8.40. The van der Waals surface area contributed by atoms with E-state index in [1.807, 2.05) is 19.1 Å². The smallest absolute Gasteiger partial charge is 0.141 e. The lowest BCUT2D eigenvalue weighted by Gasteiger charge is -2.00. The van der Waals surface area contributed by atoms with E-state index in [1.165, 1.54) is 6.20 Å². The lowest BCUT2D eigenvalue weighted by atomic mass is 10.3. The van der Waals surface area contributed by atoms with Crippen molar-refractivity contribution in [2.75, 3.05) is 5.73 Å². The number of anilines is 1. The fourth-order valence-electron chi connectivity index (χ4n) is 1.34. The van der Waals surface area contributed by atoms with E-state index in [4.69, 9.17) is 21.8 Å². The second kappa shape index (κ2) is 3.98. The Morgan fingerprint density at radius 2 is 2.20 bits per heavy atom. The molecule has 0 amide bonds. The van der Waals surface area contributed by atoms with E-state index in [0.717, 1.165) is 17.9 Å². The summed E-state index contributed by atoms with van der Waals surface area (Å²) < 4.78 is 7.15. The third-order valence-corrected chi connectivity index (χ3v) is 2.50. The number of rotatable bonds is 3. The summed E-state index contributed by atoms with van der Waals surface area (Å²) in [6.45, 7) is 2.56. The molecule has 0 saturated carbocycles. The highest BCUT2D eigenvalue weighted by Gasteiger charge is 2.07. The van der Waals surface area contributed by atoms with Crippen molar-refractivity contribution in [2.45, 2.75) is 19.9 Å². The molecule has 2 N–H and O–H groups in total. The zero-order valence-corrected chi connectivity index (χ0v) is 9.16. The van der Waals surface area contributed by atoms with Crippen LogP contribution in [0.5, 0.6) is 0 Å². The maximum absolute atomic E-state index is 5.79. The Morgan fingerprint density at radius 3 is 2.73 bits per heavy atom. The number of hydrogen-bond acceptors (Lipinski definition) is 3. The molecule has 0 radical (unpaired) electrons. The molecule has 0 aliphatic rings. The van der Waals surface area contributed by atoms with Crippen LogP contribution in [0.15, 0.2) is 22.7 Å². The van der Waals surface area contributed by atoms with E-state index in [-0.39, 0.29) is 0 Å². The van der Waals surface area contributed by atoms with Crippen molar-refractivity contribution in [2.24, 2.45) is 0 Å². The number of furan rings is 1. The number of nitrogens with zero attached hydrogens (tertiary/aromatic N) is 2. The second-order valence-corrected chi connectivity index (χ2v) is 3.66. The van der Waals surface area contributed by atoms with E-state index < -0.39 is 0 Å². The van der Waals surface area contributed by atoms with E-state index in [9.17, 15) is 0 Å². The van der Waals surface area contributed by atoms with Gasteiger partial charge in [-0.2, -0.15) is 5.10 Å². The van der Waals surface area contributed by atoms with Gasteiger partial charge in [0.05, 0.1) is 6.20 Å². The van der Waals surface area contributed by atoms with E-state index in [0.29, 0.717) is 17.4 Å². The summed E-state index contributed by atoms with van der Waals surface area (Å²) in [4.78, 5) is 0. The Labute approximate surface area is 92.6 Å². The first-order valence-corrected chi connectivity index (χ1v) is 5.13.